The van der Waals surface area contributed by atoms with Gasteiger partial charge in [0.15, 0.2) is 6.10 Å². The van der Waals surface area contributed by atoms with E-state index in [4.69, 9.17) is 9.84 Å². The number of carboxylic acid groups (broad SMARTS) is 1. The van der Waals surface area contributed by atoms with Crippen molar-refractivity contribution in [1.29, 1.82) is 0 Å². The van der Waals surface area contributed by atoms with Crippen LogP contribution in [0.25, 0.3) is 0 Å². The molecule has 0 aromatic heterocycles. The Labute approximate surface area is 126 Å². The summed E-state index contributed by atoms with van der Waals surface area (Å²) in [6.07, 6.45) is 3.70. The molecule has 0 radical (unpaired) electrons. The SMILES string of the molecule is COC(CNC(=O)NCCCN1CCCCC1C)C(=O)O. The van der Waals surface area contributed by atoms with Crippen LogP contribution in [0.1, 0.15) is 32.6 Å². The smallest absolute Gasteiger partial charge is 0.334 e. The summed E-state index contributed by atoms with van der Waals surface area (Å²) in [7, 11) is 1.30. The van der Waals surface area contributed by atoms with Crippen molar-refractivity contribution < 1.29 is 19.4 Å². The lowest BCUT2D eigenvalue weighted by Crippen LogP contribution is -2.44. The molecule has 1 aliphatic rings. The number of nitrogens with zero attached hydrogens (tertiary/aromatic N) is 1. The van der Waals surface area contributed by atoms with Crippen LogP contribution in [0.5, 0.6) is 0 Å². The Morgan fingerprint density at radius 1 is 1.38 bits per heavy atom. The number of rotatable bonds is 8. The van der Waals surface area contributed by atoms with E-state index in [1.165, 1.54) is 26.4 Å². The van der Waals surface area contributed by atoms with E-state index in [1.54, 1.807) is 0 Å². The normalized spacial score (nSPS) is 20.8. The lowest BCUT2D eigenvalue weighted by atomic mass is 10.0. The average molecular weight is 301 g/mol. The molecule has 7 heteroatoms. The number of amides is 2. The fraction of sp³-hybridized carbons (Fsp3) is 0.857. The topological polar surface area (TPSA) is 90.9 Å². The molecule has 0 saturated carbocycles. The van der Waals surface area contributed by atoms with Crippen molar-refractivity contribution in [3.8, 4) is 0 Å². The summed E-state index contributed by atoms with van der Waals surface area (Å²) in [5.41, 5.74) is 0. The molecule has 2 unspecified atom stereocenters. The van der Waals surface area contributed by atoms with Gasteiger partial charge >= 0.3 is 12.0 Å². The molecule has 1 rings (SSSR count). The molecule has 3 N–H and O–H groups in total. The molecule has 1 heterocycles. The van der Waals surface area contributed by atoms with E-state index in [-0.39, 0.29) is 12.6 Å². The summed E-state index contributed by atoms with van der Waals surface area (Å²) in [5.74, 6) is -1.09. The van der Waals surface area contributed by atoms with Crippen LogP contribution in [0.4, 0.5) is 4.79 Å². The number of nitrogens with one attached hydrogen (secondary N) is 2. The van der Waals surface area contributed by atoms with Gasteiger partial charge < -0.3 is 25.4 Å². The van der Waals surface area contributed by atoms with Gasteiger partial charge in [-0.3, -0.25) is 0 Å². The molecule has 2 amide bonds. The maximum Gasteiger partial charge on any atom is 0.334 e. The molecule has 1 fully saturated rings. The lowest BCUT2D eigenvalue weighted by Gasteiger charge is -2.33. The highest BCUT2D eigenvalue weighted by molar-refractivity contribution is 5.76. The van der Waals surface area contributed by atoms with Crippen LogP contribution >= 0.6 is 0 Å². The van der Waals surface area contributed by atoms with Crippen molar-refractivity contribution in [3.05, 3.63) is 0 Å². The molecule has 1 aliphatic heterocycles. The molecule has 0 aromatic carbocycles. The summed E-state index contributed by atoms with van der Waals surface area (Å²) in [6.45, 7) is 4.91. The van der Waals surface area contributed by atoms with Crippen LogP contribution in [0.3, 0.4) is 0 Å². The van der Waals surface area contributed by atoms with Crippen LogP contribution in [0, 0.1) is 0 Å². The van der Waals surface area contributed by atoms with Crippen molar-refractivity contribution >= 4 is 12.0 Å². The number of carbonyl (C=O) groups excluding carboxylic acids is 1. The maximum atomic E-state index is 11.5. The average Bonchev–Trinajstić information content (AvgIpc) is 2.45. The highest BCUT2D eigenvalue weighted by Gasteiger charge is 2.18. The number of piperidine rings is 1. The largest absolute Gasteiger partial charge is 0.479 e. The lowest BCUT2D eigenvalue weighted by molar-refractivity contribution is -0.147. The minimum atomic E-state index is -1.09. The van der Waals surface area contributed by atoms with Crippen LogP contribution in [-0.4, -0.2) is 67.4 Å². The first-order valence-electron chi connectivity index (χ1n) is 7.56. The number of methoxy groups -OCH3 is 1. The molecule has 0 aromatic rings. The Kier molecular flexibility index (Phi) is 8.07. The number of likely N-dealkylation sites (tertiary alicyclic amines) is 1. The predicted octanol–water partition coefficient (Wildman–Crippen LogP) is 0.650. The Bertz CT molecular complexity index is 338. The molecular weight excluding hydrogens is 274 g/mol. The van der Waals surface area contributed by atoms with Gasteiger partial charge in [0.05, 0.1) is 6.54 Å². The van der Waals surface area contributed by atoms with E-state index < -0.39 is 12.1 Å². The zero-order chi connectivity index (χ0) is 15.7. The van der Waals surface area contributed by atoms with Gasteiger partial charge in [0, 0.05) is 26.2 Å². The van der Waals surface area contributed by atoms with E-state index in [0.29, 0.717) is 12.6 Å². The number of urea groups is 1. The van der Waals surface area contributed by atoms with Crippen LogP contribution in [0.2, 0.25) is 0 Å². The first kappa shape index (κ1) is 17.7. The third kappa shape index (κ3) is 6.77. The Hall–Kier alpha value is -1.34. The third-order valence-corrected chi connectivity index (χ3v) is 3.86. The van der Waals surface area contributed by atoms with Gasteiger partial charge in [-0.25, -0.2) is 9.59 Å². The van der Waals surface area contributed by atoms with Crippen molar-refractivity contribution in [2.75, 3.05) is 33.3 Å². The van der Waals surface area contributed by atoms with Crippen molar-refractivity contribution in [2.45, 2.75) is 44.8 Å². The highest BCUT2D eigenvalue weighted by Crippen LogP contribution is 2.15. The van der Waals surface area contributed by atoms with Gasteiger partial charge in [-0.15, -0.1) is 0 Å². The molecule has 1 saturated heterocycles. The van der Waals surface area contributed by atoms with Crippen LogP contribution in [0.15, 0.2) is 0 Å². The fourth-order valence-electron chi connectivity index (χ4n) is 2.49. The monoisotopic (exact) mass is 301 g/mol. The second kappa shape index (κ2) is 9.57. The minimum absolute atomic E-state index is 0.0408. The first-order chi connectivity index (χ1) is 10.0. The zero-order valence-electron chi connectivity index (χ0n) is 12.9. The third-order valence-electron chi connectivity index (χ3n) is 3.86. The Morgan fingerprint density at radius 2 is 2.14 bits per heavy atom. The zero-order valence-corrected chi connectivity index (χ0v) is 12.9. The van der Waals surface area contributed by atoms with Crippen molar-refractivity contribution in [2.24, 2.45) is 0 Å². The molecule has 2 atom stereocenters. The summed E-state index contributed by atoms with van der Waals surface area (Å²) < 4.78 is 4.73. The predicted molar refractivity (Wildman–Crippen MR) is 79.3 cm³/mol. The fourth-order valence-corrected chi connectivity index (χ4v) is 2.49. The van der Waals surface area contributed by atoms with Gasteiger partial charge in [-0.1, -0.05) is 6.42 Å². The second-order valence-electron chi connectivity index (χ2n) is 5.43. The minimum Gasteiger partial charge on any atom is -0.479 e. The number of carboxylic acids is 1. The first-order valence-corrected chi connectivity index (χ1v) is 7.56. The summed E-state index contributed by atoms with van der Waals surface area (Å²) in [5, 5.41) is 14.0. The molecule has 0 aliphatic carbocycles. The van der Waals surface area contributed by atoms with E-state index in [0.717, 1.165) is 19.5 Å². The van der Waals surface area contributed by atoms with Gasteiger partial charge in [0.1, 0.15) is 0 Å². The molecular formula is C14H27N3O4. The molecule has 21 heavy (non-hydrogen) atoms. The maximum absolute atomic E-state index is 11.5. The molecule has 122 valence electrons. The number of ether oxygens (including phenoxy) is 1. The van der Waals surface area contributed by atoms with Gasteiger partial charge in [-0.2, -0.15) is 0 Å². The van der Waals surface area contributed by atoms with Crippen LogP contribution < -0.4 is 10.6 Å². The molecule has 0 bridgehead atoms. The van der Waals surface area contributed by atoms with Gasteiger partial charge in [-0.05, 0) is 32.7 Å². The van der Waals surface area contributed by atoms with E-state index >= 15 is 0 Å². The Morgan fingerprint density at radius 3 is 2.76 bits per heavy atom. The molecule has 0 spiro atoms. The van der Waals surface area contributed by atoms with Crippen molar-refractivity contribution in [3.63, 3.8) is 0 Å². The van der Waals surface area contributed by atoms with Gasteiger partial charge in [0.25, 0.3) is 0 Å². The van der Waals surface area contributed by atoms with Crippen LogP contribution in [-0.2, 0) is 9.53 Å². The summed E-state index contributed by atoms with van der Waals surface area (Å²) >= 11 is 0. The van der Waals surface area contributed by atoms with E-state index in [1.807, 2.05) is 0 Å². The summed E-state index contributed by atoms with van der Waals surface area (Å²) in [4.78, 5) is 24.7. The van der Waals surface area contributed by atoms with E-state index in [2.05, 4.69) is 22.5 Å². The summed E-state index contributed by atoms with van der Waals surface area (Å²) in [6, 6.07) is 0.274. The number of aliphatic carboxylic acids is 1. The molecule has 7 nitrogen and oxygen atoms in total. The number of hydrogen-bond acceptors (Lipinski definition) is 4. The Balaban J connectivity index is 2.09. The van der Waals surface area contributed by atoms with Gasteiger partial charge in [0.2, 0.25) is 0 Å². The standard InChI is InChI=1S/C14H27N3O4/c1-11-6-3-4-8-17(11)9-5-7-15-14(20)16-10-12(21-2)13(18)19/h11-12H,3-10H2,1-2H3,(H,18,19)(H2,15,16,20). The number of carbonyl (C=O) groups is 2. The number of hydrogen-bond donors (Lipinski definition) is 3. The van der Waals surface area contributed by atoms with E-state index in [9.17, 15) is 9.59 Å². The highest BCUT2D eigenvalue weighted by atomic mass is 16.5. The van der Waals surface area contributed by atoms with Crippen molar-refractivity contribution in [1.82, 2.24) is 15.5 Å². The quantitative estimate of drug-likeness (QED) is 0.573. The second-order valence-corrected chi connectivity index (χ2v) is 5.43.